The van der Waals surface area contributed by atoms with Crippen molar-refractivity contribution in [2.24, 2.45) is 5.92 Å². The Morgan fingerprint density at radius 1 is 1.19 bits per heavy atom. The lowest BCUT2D eigenvalue weighted by Gasteiger charge is -2.14. The number of imidazole rings is 1. The van der Waals surface area contributed by atoms with Crippen LogP contribution in [0.4, 0.5) is 5.95 Å². The average Bonchev–Trinajstić information content (AvgIpc) is 3.08. The lowest BCUT2D eigenvalue weighted by Crippen LogP contribution is -2.17. The molecule has 0 saturated carbocycles. The van der Waals surface area contributed by atoms with E-state index in [2.05, 4.69) is 28.8 Å². The van der Waals surface area contributed by atoms with Crippen LogP contribution in [0.2, 0.25) is 0 Å². The molecule has 1 unspecified atom stereocenters. The molecule has 12 heteroatoms. The maximum absolute atomic E-state index is 11.0. The van der Waals surface area contributed by atoms with Gasteiger partial charge >= 0.3 is 7.60 Å². The van der Waals surface area contributed by atoms with Crippen LogP contribution < -0.4 is 10.5 Å². The Hall–Kier alpha value is -2.17. The van der Waals surface area contributed by atoms with E-state index in [4.69, 9.17) is 25.0 Å². The fraction of sp³-hybridized carbons (Fsp3) is 0.421. The summed E-state index contributed by atoms with van der Waals surface area (Å²) in [5.41, 5.74) is 7.03. The van der Waals surface area contributed by atoms with E-state index >= 15 is 0 Å². The van der Waals surface area contributed by atoms with E-state index < -0.39 is 20.0 Å². The minimum Gasteiger partial charge on any atom is -0.493 e. The number of anilines is 1. The predicted octanol–water partition coefficient (Wildman–Crippen LogP) is 3.13. The molecule has 1 atom stereocenters. The minimum absolute atomic E-state index is 0.109. The molecule has 3 rings (SSSR count). The molecule has 0 aliphatic carbocycles. The van der Waals surface area contributed by atoms with Crippen molar-refractivity contribution in [1.82, 2.24) is 19.5 Å². The highest BCUT2D eigenvalue weighted by atomic mass is 32.2. The van der Waals surface area contributed by atoms with Gasteiger partial charge in [-0.1, -0.05) is 25.6 Å². The molecule has 0 spiro atoms. The lowest BCUT2D eigenvalue weighted by atomic mass is 10.2. The SMILES string of the molecule is CC(C)COc1ccc(Sc2nc(N)nc3c2ncn3CC(C)OCP(=O)(O)O)cc1. The van der Waals surface area contributed by atoms with Gasteiger partial charge in [0.25, 0.3) is 0 Å². The number of rotatable bonds is 10. The summed E-state index contributed by atoms with van der Waals surface area (Å²) in [6, 6.07) is 7.70. The monoisotopic (exact) mass is 467 g/mol. The van der Waals surface area contributed by atoms with Crippen molar-refractivity contribution >= 4 is 36.5 Å². The topological polar surface area (TPSA) is 146 Å². The van der Waals surface area contributed by atoms with Gasteiger partial charge in [0.2, 0.25) is 5.95 Å². The zero-order valence-electron chi connectivity index (χ0n) is 17.5. The zero-order chi connectivity index (χ0) is 22.6. The van der Waals surface area contributed by atoms with Crippen LogP contribution in [0.25, 0.3) is 11.2 Å². The molecule has 2 heterocycles. The van der Waals surface area contributed by atoms with Crippen molar-refractivity contribution in [3.05, 3.63) is 30.6 Å². The van der Waals surface area contributed by atoms with E-state index in [0.29, 0.717) is 35.3 Å². The van der Waals surface area contributed by atoms with Gasteiger partial charge in [0, 0.05) is 4.90 Å². The summed E-state index contributed by atoms with van der Waals surface area (Å²) in [6.07, 6.45) is 0.481. The summed E-state index contributed by atoms with van der Waals surface area (Å²) in [5, 5.41) is 0.612. The summed E-state index contributed by atoms with van der Waals surface area (Å²) >= 11 is 1.41. The van der Waals surface area contributed by atoms with Crippen molar-refractivity contribution < 1.29 is 23.8 Å². The number of benzene rings is 1. The standard InChI is InChI=1S/C19H26N5O5PS/c1-12(2)9-28-14-4-6-15(7-5-14)31-18-16-17(22-19(20)23-18)24(10-21-16)8-13(3)29-11-30(25,26)27/h4-7,10,12-13H,8-9,11H2,1-3H3,(H2,20,22,23)(H2,25,26,27). The number of aromatic nitrogens is 4. The molecular formula is C19H26N5O5PS. The Bertz CT molecular complexity index is 1070. The molecule has 0 amide bonds. The van der Waals surface area contributed by atoms with E-state index in [1.807, 2.05) is 24.3 Å². The van der Waals surface area contributed by atoms with E-state index in [9.17, 15) is 4.57 Å². The Balaban J connectivity index is 1.75. The first-order valence-electron chi connectivity index (χ1n) is 9.66. The number of ether oxygens (including phenoxy) is 2. The highest BCUT2D eigenvalue weighted by Gasteiger charge is 2.18. The van der Waals surface area contributed by atoms with Crippen LogP contribution in [0, 0.1) is 5.92 Å². The molecule has 0 saturated heterocycles. The van der Waals surface area contributed by atoms with Crippen molar-refractivity contribution in [1.29, 1.82) is 0 Å². The molecule has 3 aromatic rings. The third-order valence-electron chi connectivity index (χ3n) is 4.05. The van der Waals surface area contributed by atoms with Crippen LogP contribution in [0.15, 0.2) is 40.5 Å². The van der Waals surface area contributed by atoms with E-state index in [1.54, 1.807) is 17.8 Å². The number of hydrogen-bond donors (Lipinski definition) is 3. The smallest absolute Gasteiger partial charge is 0.350 e. The van der Waals surface area contributed by atoms with Gasteiger partial charge in [0.15, 0.2) is 5.65 Å². The second-order valence-electron chi connectivity index (χ2n) is 7.51. The first-order valence-corrected chi connectivity index (χ1v) is 12.3. The molecular weight excluding hydrogens is 441 g/mol. The summed E-state index contributed by atoms with van der Waals surface area (Å²) in [7, 11) is -4.23. The molecule has 0 fully saturated rings. The number of nitrogens with zero attached hydrogens (tertiary/aromatic N) is 4. The van der Waals surface area contributed by atoms with Crippen LogP contribution in [-0.4, -0.2) is 48.4 Å². The molecule has 168 valence electrons. The summed E-state index contributed by atoms with van der Waals surface area (Å²) in [5.74, 6) is 1.36. The van der Waals surface area contributed by atoms with Crippen LogP contribution in [0.3, 0.4) is 0 Å². The third-order valence-corrected chi connectivity index (χ3v) is 5.52. The van der Waals surface area contributed by atoms with Crippen molar-refractivity contribution in [2.75, 3.05) is 18.7 Å². The number of hydrogen-bond acceptors (Lipinski definition) is 8. The second-order valence-corrected chi connectivity index (χ2v) is 10.2. The molecule has 10 nitrogen and oxygen atoms in total. The summed E-state index contributed by atoms with van der Waals surface area (Å²) in [4.78, 5) is 31.9. The average molecular weight is 467 g/mol. The third kappa shape index (κ3) is 6.91. The van der Waals surface area contributed by atoms with Gasteiger partial charge in [-0.05, 0) is 37.1 Å². The van der Waals surface area contributed by atoms with Gasteiger partial charge in [-0.3, -0.25) is 4.57 Å². The van der Waals surface area contributed by atoms with Gasteiger partial charge in [0.05, 0.1) is 25.6 Å². The molecule has 2 aromatic heterocycles. The van der Waals surface area contributed by atoms with Gasteiger partial charge < -0.3 is 29.6 Å². The lowest BCUT2D eigenvalue weighted by molar-refractivity contribution is 0.0764. The maximum atomic E-state index is 11.0. The van der Waals surface area contributed by atoms with E-state index in [-0.39, 0.29) is 5.95 Å². The van der Waals surface area contributed by atoms with Crippen LogP contribution in [-0.2, 0) is 15.8 Å². The van der Waals surface area contributed by atoms with E-state index in [0.717, 1.165) is 10.6 Å². The van der Waals surface area contributed by atoms with Crippen LogP contribution >= 0.6 is 19.4 Å². The number of nitrogens with two attached hydrogens (primary N) is 1. The van der Waals surface area contributed by atoms with Crippen molar-refractivity contribution in [3.63, 3.8) is 0 Å². The van der Waals surface area contributed by atoms with Gasteiger partial charge in [0.1, 0.15) is 22.6 Å². The molecule has 4 N–H and O–H groups in total. The maximum Gasteiger partial charge on any atom is 0.350 e. The van der Waals surface area contributed by atoms with Crippen LogP contribution in [0.1, 0.15) is 20.8 Å². The van der Waals surface area contributed by atoms with E-state index in [1.165, 1.54) is 11.8 Å². The van der Waals surface area contributed by atoms with Gasteiger partial charge in [-0.2, -0.15) is 4.98 Å². The molecule has 0 radical (unpaired) electrons. The Labute approximate surface area is 184 Å². The normalized spacial score (nSPS) is 13.1. The first-order chi connectivity index (χ1) is 14.6. The summed E-state index contributed by atoms with van der Waals surface area (Å²) in [6.45, 7) is 6.87. The van der Waals surface area contributed by atoms with Crippen LogP contribution in [0.5, 0.6) is 5.75 Å². The Morgan fingerprint density at radius 2 is 1.90 bits per heavy atom. The Kier molecular flexibility index (Phi) is 7.55. The fourth-order valence-electron chi connectivity index (χ4n) is 2.67. The van der Waals surface area contributed by atoms with Gasteiger partial charge in [-0.25, -0.2) is 9.97 Å². The largest absolute Gasteiger partial charge is 0.493 e. The molecule has 0 bridgehead atoms. The molecule has 1 aromatic carbocycles. The van der Waals surface area contributed by atoms with Crippen molar-refractivity contribution in [3.8, 4) is 5.75 Å². The highest BCUT2D eigenvalue weighted by molar-refractivity contribution is 7.99. The number of fused-ring (bicyclic) bond motifs is 1. The van der Waals surface area contributed by atoms with Crippen molar-refractivity contribution in [2.45, 2.75) is 43.3 Å². The minimum atomic E-state index is -4.23. The molecule has 0 aliphatic rings. The zero-order valence-corrected chi connectivity index (χ0v) is 19.2. The van der Waals surface area contributed by atoms with Gasteiger partial charge in [-0.15, -0.1) is 0 Å². The Morgan fingerprint density at radius 3 is 2.55 bits per heavy atom. The summed E-state index contributed by atoms with van der Waals surface area (Å²) < 4.78 is 23.7. The molecule has 0 aliphatic heterocycles. The second kappa shape index (κ2) is 9.97. The first kappa shape index (κ1) is 23.5. The quantitative estimate of drug-likeness (QED) is 0.300. The predicted molar refractivity (Wildman–Crippen MR) is 118 cm³/mol. The molecule has 31 heavy (non-hydrogen) atoms. The highest BCUT2D eigenvalue weighted by Crippen LogP contribution is 2.35. The fourth-order valence-corrected chi connectivity index (χ4v) is 4.00. The number of nitrogen functional groups attached to an aromatic ring is 1.